The summed E-state index contributed by atoms with van der Waals surface area (Å²) in [5, 5.41) is 12.2. The van der Waals surface area contributed by atoms with Crippen molar-refractivity contribution in [3.63, 3.8) is 0 Å². The molecule has 2 N–H and O–H groups in total. The van der Waals surface area contributed by atoms with E-state index in [1.54, 1.807) is 18.2 Å². The van der Waals surface area contributed by atoms with Gasteiger partial charge in [-0.1, -0.05) is 6.07 Å². The summed E-state index contributed by atoms with van der Waals surface area (Å²) in [4.78, 5) is 23.4. The topological polar surface area (TPSA) is 94.1 Å². The number of benzene rings is 2. The third-order valence-electron chi connectivity index (χ3n) is 4.06. The fraction of sp³-hybridized carbons (Fsp3) is 0.222. The molecule has 1 aliphatic rings. The number of cyclic esters (lactones) is 1. The second-order valence-electron chi connectivity index (χ2n) is 5.53. The highest BCUT2D eigenvalue weighted by atomic mass is 16.6. The Hall–Kier alpha value is -3.22. The van der Waals surface area contributed by atoms with E-state index in [4.69, 9.17) is 19.3 Å². The molecule has 7 nitrogen and oxygen atoms in total. The second-order valence-corrected chi connectivity index (χ2v) is 5.53. The molecule has 0 radical (unpaired) electrons. The molecule has 0 aromatic heterocycles. The van der Waals surface area contributed by atoms with Crippen molar-refractivity contribution >= 4 is 17.6 Å². The number of methoxy groups -OCH3 is 2. The molecule has 130 valence electrons. The normalized spacial score (nSPS) is 15.3. The smallest absolute Gasteiger partial charge is 0.344 e. The van der Waals surface area contributed by atoms with Crippen LogP contribution in [0.4, 0.5) is 5.69 Å². The zero-order valence-corrected chi connectivity index (χ0v) is 14.0. The van der Waals surface area contributed by atoms with E-state index in [-0.39, 0.29) is 5.56 Å². The SMILES string of the molecule is COc1ccc2c(c1OC)C(=O)OC2Nc1cc(C(=O)O)ccc1C. The number of carbonyl (C=O) groups is 2. The third kappa shape index (κ3) is 2.84. The van der Waals surface area contributed by atoms with Crippen molar-refractivity contribution in [3.8, 4) is 11.5 Å². The van der Waals surface area contributed by atoms with Gasteiger partial charge < -0.3 is 24.6 Å². The van der Waals surface area contributed by atoms with Gasteiger partial charge in [-0.3, -0.25) is 0 Å². The molecule has 0 aliphatic carbocycles. The van der Waals surface area contributed by atoms with E-state index < -0.39 is 18.2 Å². The number of carbonyl (C=O) groups excluding carboxylic acids is 1. The van der Waals surface area contributed by atoms with Crippen LogP contribution in [-0.2, 0) is 4.74 Å². The summed E-state index contributed by atoms with van der Waals surface area (Å²) in [6.07, 6.45) is -0.745. The molecule has 2 aromatic carbocycles. The zero-order valence-electron chi connectivity index (χ0n) is 14.0. The number of hydrogen-bond acceptors (Lipinski definition) is 6. The van der Waals surface area contributed by atoms with Crippen LogP contribution in [0.5, 0.6) is 11.5 Å². The molecular formula is C18H17NO6. The highest BCUT2D eigenvalue weighted by Gasteiger charge is 2.36. The van der Waals surface area contributed by atoms with Gasteiger partial charge in [0.25, 0.3) is 0 Å². The number of esters is 1. The molecule has 0 saturated carbocycles. The maximum absolute atomic E-state index is 12.3. The first-order valence-electron chi connectivity index (χ1n) is 7.52. The quantitative estimate of drug-likeness (QED) is 0.806. The summed E-state index contributed by atoms with van der Waals surface area (Å²) < 4.78 is 15.9. The number of nitrogens with one attached hydrogen (secondary N) is 1. The maximum atomic E-state index is 12.3. The van der Waals surface area contributed by atoms with Crippen LogP contribution in [0.2, 0.25) is 0 Å². The van der Waals surface area contributed by atoms with Gasteiger partial charge in [0.2, 0.25) is 6.23 Å². The second kappa shape index (κ2) is 6.35. The Morgan fingerprint density at radius 3 is 2.60 bits per heavy atom. The number of aryl methyl sites for hydroxylation is 1. The van der Waals surface area contributed by atoms with Gasteiger partial charge in [-0.05, 0) is 36.8 Å². The van der Waals surface area contributed by atoms with E-state index in [1.807, 2.05) is 6.92 Å². The Labute approximate surface area is 144 Å². The molecule has 1 aliphatic heterocycles. The standard InChI is InChI=1S/C18H17NO6/c1-9-4-5-10(17(20)21)8-12(9)19-16-11-6-7-13(23-2)15(24-3)14(11)18(22)25-16/h4-8,16,19H,1-3H3,(H,20,21). The average Bonchev–Trinajstić information content (AvgIpc) is 2.91. The molecule has 0 spiro atoms. The molecule has 1 heterocycles. The van der Waals surface area contributed by atoms with E-state index in [0.717, 1.165) is 5.56 Å². The molecule has 7 heteroatoms. The molecule has 3 rings (SSSR count). The number of aromatic carboxylic acids is 1. The zero-order chi connectivity index (χ0) is 18.1. The van der Waals surface area contributed by atoms with Crippen LogP contribution in [0.25, 0.3) is 0 Å². The highest BCUT2D eigenvalue weighted by Crippen LogP contribution is 2.42. The first-order valence-corrected chi connectivity index (χ1v) is 7.52. The lowest BCUT2D eigenvalue weighted by atomic mass is 10.1. The molecule has 0 amide bonds. The largest absolute Gasteiger partial charge is 0.493 e. The van der Waals surface area contributed by atoms with Gasteiger partial charge in [-0.2, -0.15) is 0 Å². The summed E-state index contributed by atoms with van der Waals surface area (Å²) >= 11 is 0. The fourth-order valence-electron chi connectivity index (χ4n) is 2.76. The molecule has 2 aromatic rings. The number of ether oxygens (including phenoxy) is 3. The number of carboxylic acid groups (broad SMARTS) is 1. The molecule has 1 atom stereocenters. The van der Waals surface area contributed by atoms with Crippen molar-refractivity contribution in [3.05, 3.63) is 52.6 Å². The Balaban J connectivity index is 2.00. The lowest BCUT2D eigenvalue weighted by Gasteiger charge is -2.17. The van der Waals surface area contributed by atoms with Gasteiger partial charge in [0.1, 0.15) is 5.56 Å². The van der Waals surface area contributed by atoms with E-state index in [2.05, 4.69) is 5.32 Å². The Bertz CT molecular complexity index is 861. The number of fused-ring (bicyclic) bond motifs is 1. The van der Waals surface area contributed by atoms with Gasteiger partial charge in [-0.25, -0.2) is 9.59 Å². The minimum absolute atomic E-state index is 0.143. The summed E-state index contributed by atoms with van der Waals surface area (Å²) in [6, 6.07) is 8.12. The van der Waals surface area contributed by atoms with Gasteiger partial charge in [0.05, 0.1) is 19.8 Å². The monoisotopic (exact) mass is 343 g/mol. The predicted molar refractivity (Wildman–Crippen MR) is 89.5 cm³/mol. The van der Waals surface area contributed by atoms with Gasteiger partial charge in [-0.15, -0.1) is 0 Å². The van der Waals surface area contributed by atoms with Gasteiger partial charge >= 0.3 is 11.9 Å². The van der Waals surface area contributed by atoms with Crippen molar-refractivity contribution in [2.45, 2.75) is 13.2 Å². The van der Waals surface area contributed by atoms with Crippen LogP contribution in [0.3, 0.4) is 0 Å². The van der Waals surface area contributed by atoms with Crippen LogP contribution in [0.1, 0.15) is 38.1 Å². The lowest BCUT2D eigenvalue weighted by molar-refractivity contribution is 0.0434. The highest BCUT2D eigenvalue weighted by molar-refractivity contribution is 5.98. The van der Waals surface area contributed by atoms with E-state index in [0.29, 0.717) is 28.3 Å². The van der Waals surface area contributed by atoms with Crippen molar-refractivity contribution in [1.29, 1.82) is 0 Å². The number of carboxylic acids is 1. The predicted octanol–water partition coefficient (Wildman–Crippen LogP) is 2.99. The third-order valence-corrected chi connectivity index (χ3v) is 4.06. The molecular weight excluding hydrogens is 326 g/mol. The Morgan fingerprint density at radius 1 is 1.20 bits per heavy atom. The molecule has 0 bridgehead atoms. The van der Waals surface area contributed by atoms with E-state index >= 15 is 0 Å². The minimum Gasteiger partial charge on any atom is -0.493 e. The van der Waals surface area contributed by atoms with Crippen molar-refractivity contribution in [2.75, 3.05) is 19.5 Å². The van der Waals surface area contributed by atoms with Crippen LogP contribution in [0.15, 0.2) is 30.3 Å². The lowest BCUT2D eigenvalue weighted by Crippen LogP contribution is -2.12. The average molecular weight is 343 g/mol. The first-order chi connectivity index (χ1) is 12.0. The van der Waals surface area contributed by atoms with Gasteiger partial charge in [0, 0.05) is 11.3 Å². The Morgan fingerprint density at radius 2 is 1.96 bits per heavy atom. The number of rotatable bonds is 5. The number of anilines is 1. The molecule has 1 unspecified atom stereocenters. The minimum atomic E-state index is -1.03. The number of hydrogen-bond donors (Lipinski definition) is 2. The maximum Gasteiger partial charge on any atom is 0.344 e. The van der Waals surface area contributed by atoms with E-state index in [1.165, 1.54) is 26.4 Å². The van der Waals surface area contributed by atoms with Crippen LogP contribution >= 0.6 is 0 Å². The van der Waals surface area contributed by atoms with Crippen molar-refractivity contribution in [2.24, 2.45) is 0 Å². The first kappa shape index (κ1) is 16.6. The van der Waals surface area contributed by atoms with Crippen molar-refractivity contribution in [1.82, 2.24) is 0 Å². The molecule has 25 heavy (non-hydrogen) atoms. The summed E-state index contributed by atoms with van der Waals surface area (Å²) in [7, 11) is 2.94. The fourth-order valence-corrected chi connectivity index (χ4v) is 2.76. The van der Waals surface area contributed by atoms with Crippen LogP contribution < -0.4 is 14.8 Å². The molecule has 0 saturated heterocycles. The summed E-state index contributed by atoms with van der Waals surface area (Å²) in [5.41, 5.74) is 2.44. The van der Waals surface area contributed by atoms with Crippen LogP contribution in [0, 0.1) is 6.92 Å². The Kier molecular flexibility index (Phi) is 4.22. The van der Waals surface area contributed by atoms with Crippen LogP contribution in [-0.4, -0.2) is 31.3 Å². The summed E-state index contributed by atoms with van der Waals surface area (Å²) in [5.74, 6) is -0.818. The van der Waals surface area contributed by atoms with E-state index in [9.17, 15) is 9.59 Å². The summed E-state index contributed by atoms with van der Waals surface area (Å²) in [6.45, 7) is 1.83. The molecule has 0 fully saturated rings. The van der Waals surface area contributed by atoms with Crippen molar-refractivity contribution < 1.29 is 28.9 Å². The van der Waals surface area contributed by atoms with Gasteiger partial charge in [0.15, 0.2) is 11.5 Å².